The van der Waals surface area contributed by atoms with Crippen LogP contribution in [0.3, 0.4) is 0 Å². The molecule has 0 amide bonds. The van der Waals surface area contributed by atoms with Crippen LogP contribution in [0.25, 0.3) is 0 Å². The average Bonchev–Trinajstić information content (AvgIpc) is 2.23. The van der Waals surface area contributed by atoms with Gasteiger partial charge in [0.15, 0.2) is 17.5 Å². The van der Waals surface area contributed by atoms with Gasteiger partial charge in [0.2, 0.25) is 10.0 Å². The fourth-order valence-corrected chi connectivity index (χ4v) is 2.60. The van der Waals surface area contributed by atoms with Gasteiger partial charge in [0.25, 0.3) is 0 Å². The first kappa shape index (κ1) is 18.2. The van der Waals surface area contributed by atoms with Crippen molar-refractivity contribution in [2.24, 2.45) is 5.73 Å². The number of benzene rings is 1. The Kier molecular flexibility index (Phi) is 5.82. The molecule has 0 bridgehead atoms. The zero-order valence-electron chi connectivity index (χ0n) is 10.2. The summed E-state index contributed by atoms with van der Waals surface area (Å²) in [6.07, 6.45) is 0. The van der Waals surface area contributed by atoms with Crippen molar-refractivity contribution in [2.75, 3.05) is 6.54 Å². The van der Waals surface area contributed by atoms with Gasteiger partial charge in [-0.1, -0.05) is 0 Å². The molecule has 1 rings (SSSR count). The van der Waals surface area contributed by atoms with E-state index < -0.39 is 37.9 Å². The third kappa shape index (κ3) is 4.34. The minimum atomic E-state index is -4.17. The molecule has 0 heterocycles. The van der Waals surface area contributed by atoms with Crippen molar-refractivity contribution in [3.05, 3.63) is 29.6 Å². The fourth-order valence-electron chi connectivity index (χ4n) is 1.15. The van der Waals surface area contributed by atoms with Crippen LogP contribution >= 0.6 is 12.4 Å². The van der Waals surface area contributed by atoms with Crippen molar-refractivity contribution in [3.8, 4) is 0 Å². The molecule has 0 saturated heterocycles. The molecule has 0 atom stereocenters. The lowest BCUT2D eigenvalue weighted by atomic mass is 10.1. The van der Waals surface area contributed by atoms with E-state index in [0.717, 1.165) is 0 Å². The van der Waals surface area contributed by atoms with Crippen LogP contribution in [0.4, 0.5) is 13.2 Å². The number of halogens is 4. The van der Waals surface area contributed by atoms with Gasteiger partial charge in [-0.15, -0.1) is 12.4 Å². The monoisotopic (exact) mass is 318 g/mol. The second-order valence-corrected chi connectivity index (χ2v) is 6.08. The molecule has 1 aromatic carbocycles. The summed E-state index contributed by atoms with van der Waals surface area (Å²) in [4.78, 5) is -0.694. The molecule has 0 aliphatic carbocycles. The van der Waals surface area contributed by atoms with Crippen LogP contribution in [0, 0.1) is 17.5 Å². The van der Waals surface area contributed by atoms with Crippen molar-refractivity contribution in [1.29, 1.82) is 0 Å². The molecule has 0 fully saturated rings. The van der Waals surface area contributed by atoms with Crippen molar-refractivity contribution >= 4 is 22.4 Å². The lowest BCUT2D eigenvalue weighted by Gasteiger charge is -2.23. The Morgan fingerprint density at radius 1 is 1.21 bits per heavy atom. The van der Waals surface area contributed by atoms with Crippen LogP contribution in [-0.4, -0.2) is 20.5 Å². The van der Waals surface area contributed by atoms with Crippen LogP contribution in [0.15, 0.2) is 17.0 Å². The predicted molar refractivity (Wildman–Crippen MR) is 67.0 cm³/mol. The van der Waals surface area contributed by atoms with Crippen LogP contribution < -0.4 is 10.5 Å². The molecule has 3 N–H and O–H groups in total. The lowest BCUT2D eigenvalue weighted by Crippen LogP contribution is -2.48. The number of nitrogens with one attached hydrogen (secondary N) is 1. The summed E-state index contributed by atoms with van der Waals surface area (Å²) in [5.74, 6) is -4.85. The maximum absolute atomic E-state index is 13.0. The zero-order chi connectivity index (χ0) is 14.1. The van der Waals surface area contributed by atoms with E-state index >= 15 is 0 Å². The number of nitrogens with two attached hydrogens (primary N) is 1. The molecule has 19 heavy (non-hydrogen) atoms. The number of hydrogen-bond donors (Lipinski definition) is 2. The number of hydrogen-bond acceptors (Lipinski definition) is 3. The first-order valence-corrected chi connectivity index (χ1v) is 6.46. The smallest absolute Gasteiger partial charge is 0.241 e. The summed E-state index contributed by atoms with van der Waals surface area (Å²) in [6, 6.07) is 0.820. The summed E-state index contributed by atoms with van der Waals surface area (Å²) in [5.41, 5.74) is 4.35. The first-order valence-electron chi connectivity index (χ1n) is 4.98. The molecule has 1 aromatic rings. The third-order valence-electron chi connectivity index (χ3n) is 2.19. The Bertz CT molecular complexity index is 541. The molecule has 0 aromatic heterocycles. The molecule has 0 unspecified atom stereocenters. The second kappa shape index (κ2) is 6.08. The highest BCUT2D eigenvalue weighted by molar-refractivity contribution is 7.89. The van der Waals surface area contributed by atoms with E-state index in [1.165, 1.54) is 13.8 Å². The minimum absolute atomic E-state index is 0. The van der Waals surface area contributed by atoms with Gasteiger partial charge in [-0.2, -0.15) is 0 Å². The standard InChI is InChI=1S/C10H13F3N2O2S.ClH/c1-10(2,5-14)15-18(16,17)6-3-7(11)9(13)8(12)4-6;/h3-4,15H,5,14H2,1-2H3;1H. The SMILES string of the molecule is CC(C)(CN)NS(=O)(=O)c1cc(F)c(F)c(F)c1.Cl. The Labute approximate surface area is 115 Å². The van der Waals surface area contributed by atoms with Crippen LogP contribution in [-0.2, 0) is 10.0 Å². The maximum Gasteiger partial charge on any atom is 0.241 e. The normalized spacial score (nSPS) is 12.1. The summed E-state index contributed by atoms with van der Waals surface area (Å²) < 4.78 is 64.4. The molecule has 0 spiro atoms. The van der Waals surface area contributed by atoms with E-state index in [0.29, 0.717) is 12.1 Å². The van der Waals surface area contributed by atoms with E-state index in [9.17, 15) is 21.6 Å². The highest BCUT2D eigenvalue weighted by Crippen LogP contribution is 2.18. The molecule has 0 aliphatic rings. The summed E-state index contributed by atoms with van der Waals surface area (Å²) in [7, 11) is -4.17. The molecule has 110 valence electrons. The van der Waals surface area contributed by atoms with Gasteiger partial charge < -0.3 is 5.73 Å². The largest absolute Gasteiger partial charge is 0.329 e. The quantitative estimate of drug-likeness (QED) is 0.827. The zero-order valence-corrected chi connectivity index (χ0v) is 11.8. The predicted octanol–water partition coefficient (Wildman–Crippen LogP) is 1.54. The van der Waals surface area contributed by atoms with Crippen molar-refractivity contribution < 1.29 is 21.6 Å². The van der Waals surface area contributed by atoms with E-state index in [-0.39, 0.29) is 19.0 Å². The van der Waals surface area contributed by atoms with Crippen molar-refractivity contribution in [2.45, 2.75) is 24.3 Å². The van der Waals surface area contributed by atoms with Gasteiger partial charge in [-0.3, -0.25) is 0 Å². The van der Waals surface area contributed by atoms with E-state index in [4.69, 9.17) is 5.73 Å². The molecule has 0 radical (unpaired) electrons. The molecule has 4 nitrogen and oxygen atoms in total. The van der Waals surface area contributed by atoms with Gasteiger partial charge in [0.1, 0.15) is 0 Å². The Morgan fingerprint density at radius 3 is 2.00 bits per heavy atom. The van der Waals surface area contributed by atoms with Gasteiger partial charge in [-0.25, -0.2) is 26.3 Å². The summed E-state index contributed by atoms with van der Waals surface area (Å²) >= 11 is 0. The van der Waals surface area contributed by atoms with Crippen molar-refractivity contribution in [1.82, 2.24) is 4.72 Å². The lowest BCUT2D eigenvalue weighted by molar-refractivity contribution is 0.439. The average molecular weight is 319 g/mol. The number of sulfonamides is 1. The third-order valence-corrected chi connectivity index (χ3v) is 3.87. The highest BCUT2D eigenvalue weighted by Gasteiger charge is 2.26. The van der Waals surface area contributed by atoms with Gasteiger partial charge in [-0.05, 0) is 26.0 Å². The summed E-state index contributed by atoms with van der Waals surface area (Å²) in [5, 5.41) is 0. The van der Waals surface area contributed by atoms with Crippen LogP contribution in [0.5, 0.6) is 0 Å². The Hall–Kier alpha value is -0.830. The minimum Gasteiger partial charge on any atom is -0.329 e. The molecular weight excluding hydrogens is 305 g/mol. The molecular formula is C10H14ClF3N2O2S. The Morgan fingerprint density at radius 2 is 1.63 bits per heavy atom. The van der Waals surface area contributed by atoms with Crippen LogP contribution in [0.2, 0.25) is 0 Å². The molecule has 0 aliphatic heterocycles. The highest BCUT2D eigenvalue weighted by atomic mass is 35.5. The van der Waals surface area contributed by atoms with Gasteiger partial charge >= 0.3 is 0 Å². The Balaban J connectivity index is 0.00000324. The maximum atomic E-state index is 13.0. The van der Waals surface area contributed by atoms with Crippen molar-refractivity contribution in [3.63, 3.8) is 0 Å². The van der Waals surface area contributed by atoms with E-state index in [1.807, 2.05) is 0 Å². The topological polar surface area (TPSA) is 72.2 Å². The van der Waals surface area contributed by atoms with E-state index in [2.05, 4.69) is 4.72 Å². The van der Waals surface area contributed by atoms with Gasteiger partial charge in [0, 0.05) is 12.1 Å². The second-order valence-electron chi connectivity index (χ2n) is 4.39. The molecule has 0 saturated carbocycles. The fraction of sp³-hybridized carbons (Fsp3) is 0.400. The molecule has 9 heteroatoms. The summed E-state index contributed by atoms with van der Waals surface area (Å²) in [6.45, 7) is 2.99. The van der Waals surface area contributed by atoms with Gasteiger partial charge in [0.05, 0.1) is 4.90 Å². The van der Waals surface area contributed by atoms with E-state index in [1.54, 1.807) is 0 Å². The first-order chi connectivity index (χ1) is 8.09. The van der Waals surface area contributed by atoms with Crippen LogP contribution in [0.1, 0.15) is 13.8 Å². The number of rotatable bonds is 4.